The molecule has 27 heavy (non-hydrogen) atoms. The smallest absolute Gasteiger partial charge is 0.307 e. The fraction of sp³-hybridized carbons (Fsp3) is 0.739. The first-order valence-electron chi connectivity index (χ1n) is 10.7. The standard InChI is InChI=1S/C23H35NO3/c1-14(17-10-12-18(13-11-17)27-16(3)25)19-6-5-9-22(19)20-7-4-8-21(15(20)2)23(24)26/h5,9,12,14-15,17,19-22H,4,6-8,10-11,13H2,1-3H3,(H2,24,26). The highest BCUT2D eigenvalue weighted by Crippen LogP contribution is 2.49. The maximum atomic E-state index is 11.9. The molecule has 4 nitrogen and oxygen atoms in total. The van der Waals surface area contributed by atoms with Crippen LogP contribution in [0.2, 0.25) is 0 Å². The van der Waals surface area contributed by atoms with Gasteiger partial charge in [0.25, 0.3) is 0 Å². The summed E-state index contributed by atoms with van der Waals surface area (Å²) in [6.45, 7) is 6.11. The van der Waals surface area contributed by atoms with E-state index >= 15 is 0 Å². The zero-order valence-corrected chi connectivity index (χ0v) is 17.0. The van der Waals surface area contributed by atoms with Gasteiger partial charge >= 0.3 is 5.97 Å². The van der Waals surface area contributed by atoms with Gasteiger partial charge in [0, 0.05) is 19.3 Å². The summed E-state index contributed by atoms with van der Waals surface area (Å²) in [7, 11) is 0. The lowest BCUT2D eigenvalue weighted by molar-refractivity contribution is -0.137. The largest absolute Gasteiger partial charge is 0.432 e. The SMILES string of the molecule is CC(=O)OC1=CCC(C(C)C2CC=CC2C2CCCC(C(N)=O)C2C)CC1. The van der Waals surface area contributed by atoms with Gasteiger partial charge in [0.05, 0.1) is 0 Å². The Morgan fingerprint density at radius 1 is 1.22 bits per heavy atom. The second kappa shape index (κ2) is 8.62. The Balaban J connectivity index is 1.65. The summed E-state index contributed by atoms with van der Waals surface area (Å²) in [4.78, 5) is 23.0. The van der Waals surface area contributed by atoms with Gasteiger partial charge in [0.1, 0.15) is 5.76 Å². The summed E-state index contributed by atoms with van der Waals surface area (Å²) >= 11 is 0. The number of hydrogen-bond acceptors (Lipinski definition) is 3. The van der Waals surface area contributed by atoms with Crippen LogP contribution in [0.1, 0.15) is 65.7 Å². The molecule has 7 atom stereocenters. The fourth-order valence-corrected chi connectivity index (χ4v) is 5.99. The van der Waals surface area contributed by atoms with Crippen LogP contribution in [-0.2, 0) is 14.3 Å². The maximum Gasteiger partial charge on any atom is 0.307 e. The highest BCUT2D eigenvalue weighted by atomic mass is 16.5. The molecule has 0 bridgehead atoms. The van der Waals surface area contributed by atoms with Crippen molar-refractivity contribution >= 4 is 11.9 Å². The molecule has 150 valence electrons. The Labute approximate surface area is 163 Å². The summed E-state index contributed by atoms with van der Waals surface area (Å²) in [6.07, 6.45) is 14.3. The van der Waals surface area contributed by atoms with Crippen LogP contribution in [0.25, 0.3) is 0 Å². The minimum Gasteiger partial charge on any atom is -0.432 e. The van der Waals surface area contributed by atoms with E-state index in [9.17, 15) is 9.59 Å². The van der Waals surface area contributed by atoms with Crippen molar-refractivity contribution in [1.29, 1.82) is 0 Å². The lowest BCUT2D eigenvalue weighted by atomic mass is 9.62. The van der Waals surface area contributed by atoms with Crippen LogP contribution in [0.4, 0.5) is 0 Å². The Hall–Kier alpha value is -1.58. The fourth-order valence-electron chi connectivity index (χ4n) is 5.99. The van der Waals surface area contributed by atoms with Crippen LogP contribution in [0.5, 0.6) is 0 Å². The number of carbonyl (C=O) groups excluding carboxylic acids is 2. The number of nitrogens with two attached hydrogens (primary N) is 1. The van der Waals surface area contributed by atoms with Gasteiger partial charge in [0.2, 0.25) is 5.91 Å². The molecule has 0 saturated heterocycles. The number of rotatable bonds is 5. The molecule has 0 heterocycles. The number of ether oxygens (including phenoxy) is 1. The topological polar surface area (TPSA) is 69.4 Å². The molecule has 4 heteroatoms. The summed E-state index contributed by atoms with van der Waals surface area (Å²) in [5.74, 6) is 3.98. The Bertz CT molecular complexity index is 623. The van der Waals surface area contributed by atoms with Crippen molar-refractivity contribution in [3.63, 3.8) is 0 Å². The average Bonchev–Trinajstić information content (AvgIpc) is 3.10. The van der Waals surface area contributed by atoms with Crippen LogP contribution >= 0.6 is 0 Å². The van der Waals surface area contributed by atoms with Crippen molar-refractivity contribution in [1.82, 2.24) is 0 Å². The van der Waals surface area contributed by atoms with Gasteiger partial charge in [-0.05, 0) is 73.7 Å². The molecule has 0 aromatic carbocycles. The highest BCUT2D eigenvalue weighted by Gasteiger charge is 2.42. The van der Waals surface area contributed by atoms with Crippen LogP contribution in [-0.4, -0.2) is 11.9 Å². The van der Waals surface area contributed by atoms with Crippen molar-refractivity contribution in [3.05, 3.63) is 24.0 Å². The molecule has 3 aliphatic carbocycles. The predicted octanol–water partition coefficient (Wildman–Crippen LogP) is 4.60. The van der Waals surface area contributed by atoms with Crippen molar-refractivity contribution in [3.8, 4) is 0 Å². The van der Waals surface area contributed by atoms with Crippen molar-refractivity contribution < 1.29 is 14.3 Å². The lowest BCUT2D eigenvalue weighted by Gasteiger charge is -2.42. The maximum absolute atomic E-state index is 11.9. The monoisotopic (exact) mass is 373 g/mol. The van der Waals surface area contributed by atoms with Gasteiger partial charge in [-0.15, -0.1) is 0 Å². The first kappa shape index (κ1) is 20.2. The van der Waals surface area contributed by atoms with E-state index in [-0.39, 0.29) is 17.8 Å². The lowest BCUT2D eigenvalue weighted by Crippen LogP contribution is -2.40. The first-order valence-corrected chi connectivity index (χ1v) is 10.7. The summed E-state index contributed by atoms with van der Waals surface area (Å²) in [6, 6.07) is 0. The molecule has 1 saturated carbocycles. The average molecular weight is 374 g/mol. The van der Waals surface area contributed by atoms with Crippen molar-refractivity contribution in [2.45, 2.75) is 65.7 Å². The van der Waals surface area contributed by atoms with Crippen molar-refractivity contribution in [2.75, 3.05) is 0 Å². The van der Waals surface area contributed by atoms with E-state index < -0.39 is 0 Å². The first-order chi connectivity index (χ1) is 12.9. The van der Waals surface area contributed by atoms with E-state index in [1.54, 1.807) is 0 Å². The van der Waals surface area contributed by atoms with E-state index in [1.165, 1.54) is 13.3 Å². The van der Waals surface area contributed by atoms with Gasteiger partial charge in [0.15, 0.2) is 0 Å². The van der Waals surface area contributed by atoms with Crippen LogP contribution in [0.15, 0.2) is 24.0 Å². The number of hydrogen-bond donors (Lipinski definition) is 1. The van der Waals surface area contributed by atoms with Gasteiger partial charge < -0.3 is 10.5 Å². The Morgan fingerprint density at radius 2 is 2.00 bits per heavy atom. The van der Waals surface area contributed by atoms with E-state index in [0.717, 1.165) is 44.3 Å². The van der Waals surface area contributed by atoms with E-state index in [2.05, 4.69) is 32.1 Å². The third-order valence-electron chi connectivity index (χ3n) is 7.59. The summed E-state index contributed by atoms with van der Waals surface area (Å²) in [5.41, 5.74) is 5.68. The number of allylic oxidation sites excluding steroid dienone is 4. The molecule has 3 aliphatic rings. The molecule has 3 rings (SSSR count). The van der Waals surface area contributed by atoms with E-state index in [4.69, 9.17) is 10.5 Å². The third-order valence-corrected chi connectivity index (χ3v) is 7.59. The second-order valence-electron chi connectivity index (χ2n) is 9.03. The molecule has 1 amide bonds. The van der Waals surface area contributed by atoms with E-state index in [1.807, 2.05) is 0 Å². The number of carbonyl (C=O) groups is 2. The summed E-state index contributed by atoms with van der Waals surface area (Å²) < 4.78 is 5.28. The molecule has 2 N–H and O–H groups in total. The van der Waals surface area contributed by atoms with Crippen LogP contribution < -0.4 is 5.73 Å². The molecule has 0 radical (unpaired) electrons. The summed E-state index contributed by atoms with van der Waals surface area (Å²) in [5, 5.41) is 0. The van der Waals surface area contributed by atoms with E-state index in [0.29, 0.717) is 35.5 Å². The zero-order valence-electron chi connectivity index (χ0n) is 17.0. The third kappa shape index (κ3) is 4.47. The van der Waals surface area contributed by atoms with Crippen LogP contribution in [0.3, 0.4) is 0 Å². The number of esters is 1. The second-order valence-corrected chi connectivity index (χ2v) is 9.03. The molecule has 0 aliphatic heterocycles. The number of amides is 1. The molecule has 0 aromatic rings. The molecule has 1 fully saturated rings. The van der Waals surface area contributed by atoms with Gasteiger partial charge in [-0.25, -0.2) is 0 Å². The molecule has 0 spiro atoms. The molecule has 0 aromatic heterocycles. The van der Waals surface area contributed by atoms with Gasteiger partial charge in [-0.1, -0.05) is 32.4 Å². The van der Waals surface area contributed by atoms with Crippen LogP contribution in [0, 0.1) is 41.4 Å². The molecular formula is C23H35NO3. The molecular weight excluding hydrogens is 338 g/mol. The molecule has 7 unspecified atom stereocenters. The van der Waals surface area contributed by atoms with Crippen molar-refractivity contribution in [2.24, 2.45) is 47.2 Å². The Morgan fingerprint density at radius 3 is 2.63 bits per heavy atom. The highest BCUT2D eigenvalue weighted by molar-refractivity contribution is 5.77. The predicted molar refractivity (Wildman–Crippen MR) is 106 cm³/mol. The quantitative estimate of drug-likeness (QED) is 0.565. The van der Waals surface area contributed by atoms with Gasteiger partial charge in [-0.2, -0.15) is 0 Å². The number of primary amides is 1. The minimum atomic E-state index is -0.219. The van der Waals surface area contributed by atoms with Gasteiger partial charge in [-0.3, -0.25) is 9.59 Å². The Kier molecular flexibility index (Phi) is 6.44. The normalized spacial score (nSPS) is 37.5. The minimum absolute atomic E-state index is 0.0395. The zero-order chi connectivity index (χ0) is 19.6.